The van der Waals surface area contributed by atoms with Gasteiger partial charge in [-0.15, -0.1) is 0 Å². The summed E-state index contributed by atoms with van der Waals surface area (Å²) < 4.78 is 1.87. The van der Waals surface area contributed by atoms with Crippen molar-refractivity contribution >= 4 is 5.91 Å². The Hall–Kier alpha value is -2.10. The number of aryl methyl sites for hydroxylation is 2. The predicted molar refractivity (Wildman–Crippen MR) is 71.1 cm³/mol. The lowest BCUT2D eigenvalue weighted by Crippen LogP contribution is -2.21. The van der Waals surface area contributed by atoms with E-state index in [1.54, 1.807) is 19.0 Å². The zero-order chi connectivity index (χ0) is 13.3. The molecule has 1 aromatic heterocycles. The van der Waals surface area contributed by atoms with Gasteiger partial charge in [0.1, 0.15) is 0 Å². The van der Waals surface area contributed by atoms with Crippen molar-refractivity contribution in [3.63, 3.8) is 0 Å². The van der Waals surface area contributed by atoms with Crippen LogP contribution in [0.25, 0.3) is 5.69 Å². The van der Waals surface area contributed by atoms with Crippen molar-refractivity contribution in [2.24, 2.45) is 0 Å². The van der Waals surface area contributed by atoms with Gasteiger partial charge in [-0.3, -0.25) is 4.79 Å². The molecule has 0 saturated heterocycles. The maximum Gasteiger partial charge on any atom is 0.253 e. The second-order valence-electron chi connectivity index (χ2n) is 4.59. The number of carbonyl (C=O) groups is 1. The van der Waals surface area contributed by atoms with Gasteiger partial charge < -0.3 is 4.90 Å². The highest BCUT2D eigenvalue weighted by atomic mass is 16.2. The third-order valence-electron chi connectivity index (χ3n) is 2.77. The van der Waals surface area contributed by atoms with E-state index >= 15 is 0 Å². The average Bonchev–Trinajstić information content (AvgIpc) is 2.67. The second kappa shape index (κ2) is 4.64. The second-order valence-corrected chi connectivity index (χ2v) is 4.59. The molecule has 94 valence electrons. The highest BCUT2D eigenvalue weighted by Gasteiger charge is 2.08. The van der Waals surface area contributed by atoms with Crippen molar-refractivity contribution in [3.8, 4) is 5.69 Å². The number of benzene rings is 1. The quantitative estimate of drug-likeness (QED) is 0.811. The molecule has 4 nitrogen and oxygen atoms in total. The monoisotopic (exact) mass is 243 g/mol. The van der Waals surface area contributed by atoms with Gasteiger partial charge in [0.25, 0.3) is 5.91 Å². The van der Waals surface area contributed by atoms with Gasteiger partial charge in [0, 0.05) is 25.4 Å². The summed E-state index contributed by atoms with van der Waals surface area (Å²) in [5.74, 6) is 0.00918. The van der Waals surface area contributed by atoms with Crippen LogP contribution in [0.2, 0.25) is 0 Å². The lowest BCUT2D eigenvalue weighted by molar-refractivity contribution is 0.0827. The van der Waals surface area contributed by atoms with Crippen molar-refractivity contribution in [1.29, 1.82) is 0 Å². The van der Waals surface area contributed by atoms with Crippen molar-refractivity contribution in [1.82, 2.24) is 14.7 Å². The molecule has 4 heteroatoms. The zero-order valence-corrected chi connectivity index (χ0v) is 11.1. The molecule has 1 heterocycles. The first kappa shape index (κ1) is 12.4. The van der Waals surface area contributed by atoms with E-state index in [-0.39, 0.29) is 5.91 Å². The van der Waals surface area contributed by atoms with E-state index in [0.717, 1.165) is 17.1 Å². The van der Waals surface area contributed by atoms with Crippen LogP contribution < -0.4 is 0 Å². The maximum atomic E-state index is 11.8. The summed E-state index contributed by atoms with van der Waals surface area (Å²) in [7, 11) is 3.49. The molecule has 2 aromatic rings. The van der Waals surface area contributed by atoms with Gasteiger partial charge in [-0.1, -0.05) is 0 Å². The van der Waals surface area contributed by atoms with Gasteiger partial charge in [0.05, 0.1) is 11.4 Å². The van der Waals surface area contributed by atoms with E-state index in [9.17, 15) is 4.79 Å². The molecule has 0 aliphatic carbocycles. The molecule has 0 fully saturated rings. The topological polar surface area (TPSA) is 38.1 Å². The predicted octanol–water partition coefficient (Wildman–Crippen LogP) is 2.19. The lowest BCUT2D eigenvalue weighted by Gasteiger charge is -2.11. The Kier molecular flexibility index (Phi) is 3.19. The van der Waals surface area contributed by atoms with Crippen LogP contribution in [-0.2, 0) is 0 Å². The van der Waals surface area contributed by atoms with Gasteiger partial charge in [0.2, 0.25) is 0 Å². The highest BCUT2D eigenvalue weighted by molar-refractivity contribution is 5.94. The minimum atomic E-state index is 0.00918. The van der Waals surface area contributed by atoms with E-state index < -0.39 is 0 Å². The number of hydrogen-bond donors (Lipinski definition) is 0. The Morgan fingerprint density at radius 2 is 1.78 bits per heavy atom. The summed E-state index contributed by atoms with van der Waals surface area (Å²) in [5.41, 5.74) is 3.72. The first-order chi connectivity index (χ1) is 8.49. The molecule has 0 unspecified atom stereocenters. The van der Waals surface area contributed by atoms with Crippen molar-refractivity contribution < 1.29 is 4.79 Å². The number of amides is 1. The van der Waals surface area contributed by atoms with Crippen molar-refractivity contribution in [2.45, 2.75) is 13.8 Å². The molecule has 1 aromatic carbocycles. The molecular formula is C14H17N3O. The third-order valence-corrected chi connectivity index (χ3v) is 2.77. The number of aromatic nitrogens is 2. The van der Waals surface area contributed by atoms with Crippen LogP contribution >= 0.6 is 0 Å². The Morgan fingerprint density at radius 3 is 2.22 bits per heavy atom. The van der Waals surface area contributed by atoms with Crippen LogP contribution in [0.15, 0.2) is 30.3 Å². The smallest absolute Gasteiger partial charge is 0.253 e. The normalized spacial score (nSPS) is 10.4. The number of rotatable bonds is 2. The molecule has 18 heavy (non-hydrogen) atoms. The molecule has 0 bridgehead atoms. The van der Waals surface area contributed by atoms with Crippen molar-refractivity contribution in [3.05, 3.63) is 47.3 Å². The summed E-state index contributed by atoms with van der Waals surface area (Å²) in [6.07, 6.45) is 0. The Labute approximate surface area is 107 Å². The van der Waals surface area contributed by atoms with Gasteiger partial charge in [-0.25, -0.2) is 4.68 Å². The van der Waals surface area contributed by atoms with Crippen LogP contribution in [0.1, 0.15) is 21.7 Å². The van der Waals surface area contributed by atoms with Gasteiger partial charge in [0.15, 0.2) is 0 Å². The fourth-order valence-electron chi connectivity index (χ4n) is 1.89. The molecular weight excluding hydrogens is 226 g/mol. The molecule has 0 radical (unpaired) electrons. The molecule has 0 saturated carbocycles. The van der Waals surface area contributed by atoms with Crippen LogP contribution in [0.3, 0.4) is 0 Å². The largest absolute Gasteiger partial charge is 0.345 e. The van der Waals surface area contributed by atoms with Crippen molar-refractivity contribution in [2.75, 3.05) is 14.1 Å². The van der Waals surface area contributed by atoms with E-state index in [0.29, 0.717) is 5.56 Å². The van der Waals surface area contributed by atoms with Crippen LogP contribution in [-0.4, -0.2) is 34.7 Å². The molecule has 0 N–H and O–H groups in total. The molecule has 1 amide bonds. The molecule has 0 spiro atoms. The standard InChI is InChI=1S/C14H17N3O/c1-10-9-11(2)17(15-10)13-7-5-12(6-8-13)14(18)16(3)4/h5-9H,1-4H3. The summed E-state index contributed by atoms with van der Waals surface area (Å²) >= 11 is 0. The summed E-state index contributed by atoms with van der Waals surface area (Å²) in [4.78, 5) is 13.3. The van der Waals surface area contributed by atoms with Gasteiger partial charge >= 0.3 is 0 Å². The summed E-state index contributed by atoms with van der Waals surface area (Å²) in [6, 6.07) is 9.51. The molecule has 0 aliphatic rings. The fourth-order valence-corrected chi connectivity index (χ4v) is 1.89. The zero-order valence-electron chi connectivity index (χ0n) is 11.1. The molecule has 0 atom stereocenters. The van der Waals surface area contributed by atoms with Crippen LogP contribution in [0.4, 0.5) is 0 Å². The van der Waals surface area contributed by atoms with Gasteiger partial charge in [-0.2, -0.15) is 5.10 Å². The first-order valence-corrected chi connectivity index (χ1v) is 5.84. The van der Waals surface area contributed by atoms with Crippen LogP contribution in [0.5, 0.6) is 0 Å². The highest BCUT2D eigenvalue weighted by Crippen LogP contribution is 2.13. The number of hydrogen-bond acceptors (Lipinski definition) is 2. The maximum absolute atomic E-state index is 11.8. The Bertz CT molecular complexity index is 567. The SMILES string of the molecule is Cc1cc(C)n(-c2ccc(C(=O)N(C)C)cc2)n1. The minimum absolute atomic E-state index is 0.00918. The number of nitrogens with zero attached hydrogens (tertiary/aromatic N) is 3. The van der Waals surface area contributed by atoms with E-state index in [1.807, 2.05) is 48.9 Å². The summed E-state index contributed by atoms with van der Waals surface area (Å²) in [6.45, 7) is 3.98. The Morgan fingerprint density at radius 1 is 1.17 bits per heavy atom. The number of carbonyl (C=O) groups excluding carboxylic acids is 1. The lowest BCUT2D eigenvalue weighted by atomic mass is 10.2. The fraction of sp³-hybridized carbons (Fsp3) is 0.286. The molecule has 2 rings (SSSR count). The van der Waals surface area contributed by atoms with E-state index in [2.05, 4.69) is 5.10 Å². The summed E-state index contributed by atoms with van der Waals surface area (Å²) in [5, 5.41) is 4.41. The van der Waals surface area contributed by atoms with Crippen LogP contribution in [0, 0.1) is 13.8 Å². The Balaban J connectivity index is 2.33. The third kappa shape index (κ3) is 2.27. The van der Waals surface area contributed by atoms with Gasteiger partial charge in [-0.05, 0) is 44.2 Å². The molecule has 0 aliphatic heterocycles. The van der Waals surface area contributed by atoms with E-state index in [1.165, 1.54) is 0 Å². The minimum Gasteiger partial charge on any atom is -0.345 e. The average molecular weight is 243 g/mol. The first-order valence-electron chi connectivity index (χ1n) is 5.84. The van der Waals surface area contributed by atoms with E-state index in [4.69, 9.17) is 0 Å².